The van der Waals surface area contributed by atoms with Crippen LogP contribution < -0.4 is 5.32 Å². The van der Waals surface area contributed by atoms with E-state index in [2.05, 4.69) is 14.2 Å². The fraction of sp³-hybridized carbons (Fsp3) is 0.781. The molecule has 1 amide bonds. The summed E-state index contributed by atoms with van der Waals surface area (Å²) in [6, 6.07) is 7.24. The molecule has 0 aliphatic rings. The van der Waals surface area contributed by atoms with Crippen molar-refractivity contribution in [1.29, 1.82) is 0 Å². The number of rotatable bonds is 31. The summed E-state index contributed by atoms with van der Waals surface area (Å²) < 4.78 is 52.7. The second kappa shape index (κ2) is 25.1. The number of carbonyl (C=O) groups is 1. The second-order valence-corrected chi connectivity index (χ2v) is 17.7. The van der Waals surface area contributed by atoms with E-state index in [1.807, 2.05) is 33.3 Å². The molecule has 1 rings (SSSR count). The Morgan fingerprint density at radius 2 is 1.04 bits per heavy atom. The van der Waals surface area contributed by atoms with Crippen LogP contribution in [0.15, 0.2) is 24.3 Å². The molecular weight excluding hydrogens is 697 g/mol. The minimum atomic E-state index is -5.18. The molecule has 2 unspecified atom stereocenters. The summed E-state index contributed by atoms with van der Waals surface area (Å²) in [4.78, 5) is 48.3. The lowest BCUT2D eigenvalue weighted by atomic mass is 10.0. The van der Waals surface area contributed by atoms with Crippen LogP contribution in [-0.4, -0.2) is 84.0 Å². The molecule has 0 saturated carbocycles. The number of nitrogens with zero attached hydrogens (tertiary/aromatic N) is 1. The molecule has 0 radical (unpaired) electrons. The molecule has 0 aliphatic carbocycles. The van der Waals surface area contributed by atoms with Gasteiger partial charge in [0.05, 0.1) is 34.4 Å². The summed E-state index contributed by atoms with van der Waals surface area (Å²) >= 11 is 0. The Bertz CT molecular complexity index is 1170. The average Bonchev–Trinajstić information content (AvgIpc) is 2.98. The number of carbonyl (C=O) groups excluding carboxylic acids is 1. The molecule has 0 fully saturated rings. The number of nitrogens with one attached hydrogen (secondary N) is 1. The number of aryl methyl sites for hydroxylation is 1. The molecule has 49 heavy (non-hydrogen) atoms. The SMILES string of the molecule is C[N+](C)(C)CCOP(=O)(O)OCCCCCCCCCCCCCCCCCCc1ccc(C(=O)NCCOP(=O)(O)OP(=O)(O)O)cc1. The van der Waals surface area contributed by atoms with E-state index in [0.717, 1.165) is 37.7 Å². The zero-order valence-electron chi connectivity index (χ0n) is 29.7. The van der Waals surface area contributed by atoms with Crippen LogP contribution in [0.25, 0.3) is 0 Å². The highest BCUT2D eigenvalue weighted by atomic mass is 31.3. The molecular formula is C32H62N2O12P3+. The van der Waals surface area contributed by atoms with Crippen molar-refractivity contribution in [1.82, 2.24) is 5.32 Å². The van der Waals surface area contributed by atoms with Crippen LogP contribution in [0.1, 0.15) is 119 Å². The third-order valence-corrected chi connectivity index (χ3v) is 10.9. The van der Waals surface area contributed by atoms with Crippen molar-refractivity contribution in [2.75, 3.05) is 54.1 Å². The summed E-state index contributed by atoms with van der Waals surface area (Å²) in [5.41, 5.74) is 1.57. The van der Waals surface area contributed by atoms with Gasteiger partial charge >= 0.3 is 23.5 Å². The van der Waals surface area contributed by atoms with Gasteiger partial charge in [-0.3, -0.25) is 18.4 Å². The Kier molecular flexibility index (Phi) is 23.6. The third-order valence-electron chi connectivity index (χ3n) is 7.70. The van der Waals surface area contributed by atoms with Crippen LogP contribution >= 0.6 is 23.5 Å². The monoisotopic (exact) mass is 759 g/mol. The molecule has 0 aromatic heterocycles. The van der Waals surface area contributed by atoms with Gasteiger partial charge in [0.15, 0.2) is 0 Å². The predicted octanol–water partition coefficient (Wildman–Crippen LogP) is 7.27. The van der Waals surface area contributed by atoms with E-state index in [0.29, 0.717) is 16.6 Å². The van der Waals surface area contributed by atoms with Gasteiger partial charge in [-0.05, 0) is 37.0 Å². The van der Waals surface area contributed by atoms with Crippen molar-refractivity contribution in [3.8, 4) is 0 Å². The number of likely N-dealkylation sites (N-methyl/N-ethyl adjacent to an activating group) is 1. The Labute approximate surface area is 293 Å². The van der Waals surface area contributed by atoms with Crippen LogP contribution in [0.5, 0.6) is 0 Å². The van der Waals surface area contributed by atoms with Gasteiger partial charge in [0, 0.05) is 12.1 Å². The number of hydrogen-bond acceptors (Lipinski definition) is 8. The molecule has 0 heterocycles. The smallest absolute Gasteiger partial charge is 0.350 e. The summed E-state index contributed by atoms with van der Waals surface area (Å²) in [6.07, 6.45) is 20.0. The summed E-state index contributed by atoms with van der Waals surface area (Å²) in [6.45, 7) is 0.482. The van der Waals surface area contributed by atoms with Gasteiger partial charge in [0.1, 0.15) is 13.2 Å². The lowest BCUT2D eigenvalue weighted by Crippen LogP contribution is -2.37. The van der Waals surface area contributed by atoms with Gasteiger partial charge in [0.25, 0.3) is 5.91 Å². The van der Waals surface area contributed by atoms with Gasteiger partial charge in [-0.2, -0.15) is 4.31 Å². The predicted molar refractivity (Wildman–Crippen MR) is 190 cm³/mol. The van der Waals surface area contributed by atoms with Crippen LogP contribution in [0, 0.1) is 0 Å². The van der Waals surface area contributed by atoms with Crippen LogP contribution in [-0.2, 0) is 38.0 Å². The molecule has 0 bridgehead atoms. The largest absolute Gasteiger partial charge is 0.481 e. The first-order valence-corrected chi connectivity index (χ1v) is 22.0. The first-order chi connectivity index (χ1) is 23.0. The molecule has 5 N–H and O–H groups in total. The molecule has 14 nitrogen and oxygen atoms in total. The average molecular weight is 760 g/mol. The zero-order valence-corrected chi connectivity index (χ0v) is 32.4. The fourth-order valence-corrected chi connectivity index (χ4v) is 7.29. The maximum atomic E-state index is 12.2. The highest BCUT2D eigenvalue weighted by Gasteiger charge is 2.32. The van der Waals surface area contributed by atoms with Gasteiger partial charge in [-0.15, -0.1) is 0 Å². The second-order valence-electron chi connectivity index (χ2n) is 13.4. The molecule has 1 aromatic rings. The molecule has 0 saturated heterocycles. The highest BCUT2D eigenvalue weighted by Crippen LogP contribution is 2.57. The van der Waals surface area contributed by atoms with E-state index < -0.39 is 36.0 Å². The summed E-state index contributed by atoms with van der Waals surface area (Å²) in [5, 5.41) is 2.50. The number of unbranched alkanes of at least 4 members (excludes halogenated alkanes) is 15. The highest BCUT2D eigenvalue weighted by molar-refractivity contribution is 7.60. The van der Waals surface area contributed by atoms with Crippen molar-refractivity contribution in [2.45, 2.75) is 109 Å². The Morgan fingerprint density at radius 1 is 0.612 bits per heavy atom. The first-order valence-electron chi connectivity index (χ1n) is 17.5. The normalized spacial score (nSPS) is 14.8. The lowest BCUT2D eigenvalue weighted by Gasteiger charge is -2.24. The quantitative estimate of drug-likeness (QED) is 0.0289. The summed E-state index contributed by atoms with van der Waals surface area (Å²) in [7, 11) is -8.05. The third kappa shape index (κ3) is 28.3. The van der Waals surface area contributed by atoms with Crippen molar-refractivity contribution >= 4 is 29.4 Å². The van der Waals surface area contributed by atoms with E-state index in [9.17, 15) is 28.3 Å². The molecule has 0 aliphatic heterocycles. The maximum Gasteiger partial charge on any atom is 0.481 e. The van der Waals surface area contributed by atoms with Crippen molar-refractivity contribution in [3.05, 3.63) is 35.4 Å². The van der Waals surface area contributed by atoms with Gasteiger partial charge in [-0.1, -0.05) is 102 Å². The van der Waals surface area contributed by atoms with Crippen molar-refractivity contribution in [2.24, 2.45) is 0 Å². The van der Waals surface area contributed by atoms with Gasteiger partial charge < -0.3 is 29.4 Å². The lowest BCUT2D eigenvalue weighted by molar-refractivity contribution is -0.870. The molecule has 1 aromatic carbocycles. The minimum Gasteiger partial charge on any atom is -0.350 e. The molecule has 2 atom stereocenters. The topological polar surface area (TPSA) is 198 Å². The van der Waals surface area contributed by atoms with E-state index in [1.165, 1.54) is 77.0 Å². The number of quaternary nitrogens is 1. The number of benzene rings is 1. The standard InChI is InChI=1S/C32H61N2O12P3/c1-34(2,3)26-29-45-48(39,40)43-27-19-17-15-13-11-9-7-5-4-6-8-10-12-14-16-18-20-30-21-23-31(24-22-30)32(35)33-25-28-44-49(41,42)46-47(36,37)38/h21-24H,4-20,25-29H2,1-3H3,(H4-,33,35,36,37,38,39,40,41,42)/p+1. The van der Waals surface area contributed by atoms with Gasteiger partial charge in [0.2, 0.25) is 0 Å². The molecule has 286 valence electrons. The number of phosphoric acid groups is 3. The van der Waals surface area contributed by atoms with Crippen LogP contribution in [0.2, 0.25) is 0 Å². The first kappa shape index (κ1) is 46.0. The maximum absolute atomic E-state index is 12.2. The Balaban J connectivity index is 1.92. The number of amides is 1. The number of hydrogen-bond donors (Lipinski definition) is 5. The van der Waals surface area contributed by atoms with E-state index in [-0.39, 0.29) is 19.8 Å². The zero-order chi connectivity index (χ0) is 36.7. The number of phosphoric ester groups is 2. The van der Waals surface area contributed by atoms with Crippen molar-refractivity contribution in [3.63, 3.8) is 0 Å². The van der Waals surface area contributed by atoms with E-state index >= 15 is 0 Å². The fourth-order valence-electron chi connectivity index (χ4n) is 4.96. The summed E-state index contributed by atoms with van der Waals surface area (Å²) in [5.74, 6) is -0.401. The van der Waals surface area contributed by atoms with Crippen molar-refractivity contribution < 1.29 is 60.4 Å². The Hall–Kier alpha value is -0.980. The molecule has 17 heteroatoms. The molecule has 0 spiro atoms. The van der Waals surface area contributed by atoms with Crippen LogP contribution in [0.3, 0.4) is 0 Å². The van der Waals surface area contributed by atoms with Gasteiger partial charge in [-0.25, -0.2) is 13.7 Å². The van der Waals surface area contributed by atoms with E-state index in [1.54, 1.807) is 12.1 Å². The van der Waals surface area contributed by atoms with Crippen LogP contribution in [0.4, 0.5) is 0 Å². The van der Waals surface area contributed by atoms with E-state index in [4.69, 9.17) is 18.8 Å². The minimum absolute atomic E-state index is 0.148. The Morgan fingerprint density at radius 3 is 1.51 bits per heavy atom.